The van der Waals surface area contributed by atoms with Crippen LogP contribution >= 0.6 is 0 Å². The predicted molar refractivity (Wildman–Crippen MR) is 117 cm³/mol. The first-order valence-corrected chi connectivity index (χ1v) is 10.4. The molecule has 2 aliphatic rings. The number of phenols is 1. The largest absolute Gasteiger partial charge is 0.508 e. The lowest BCUT2D eigenvalue weighted by atomic mass is 10.0. The van der Waals surface area contributed by atoms with Crippen molar-refractivity contribution < 1.29 is 19.4 Å². The first-order valence-electron chi connectivity index (χ1n) is 10.4. The van der Waals surface area contributed by atoms with Gasteiger partial charge in [-0.1, -0.05) is 26.0 Å². The van der Waals surface area contributed by atoms with Gasteiger partial charge >= 0.3 is 6.09 Å². The van der Waals surface area contributed by atoms with Gasteiger partial charge in [0, 0.05) is 44.2 Å². The smallest absolute Gasteiger partial charge is 0.410 e. The lowest BCUT2D eigenvalue weighted by Gasteiger charge is -2.21. The number of carbonyl (C=O) groups excluding carboxylic acids is 2. The molecular formula is C22H29N5O4. The van der Waals surface area contributed by atoms with Crippen LogP contribution in [-0.4, -0.2) is 58.1 Å². The fraction of sp³-hybridized carbons (Fsp3) is 0.409. The molecule has 2 saturated heterocycles. The van der Waals surface area contributed by atoms with Crippen LogP contribution in [0, 0.1) is 11.8 Å². The predicted octanol–water partition coefficient (Wildman–Crippen LogP) is 2.32. The summed E-state index contributed by atoms with van der Waals surface area (Å²) in [5.41, 5.74) is 12.9. The van der Waals surface area contributed by atoms with Crippen molar-refractivity contribution >= 4 is 23.5 Å². The highest BCUT2D eigenvalue weighted by Crippen LogP contribution is 2.32. The fourth-order valence-corrected chi connectivity index (χ4v) is 3.93. The number of amides is 2. The summed E-state index contributed by atoms with van der Waals surface area (Å²) in [7, 11) is 0. The number of carbonyl (C=O) groups is 2. The molecule has 0 radical (unpaired) electrons. The van der Waals surface area contributed by atoms with E-state index in [-0.39, 0.29) is 47.7 Å². The summed E-state index contributed by atoms with van der Waals surface area (Å²) in [5, 5.41) is 9.30. The Hall–Kier alpha value is -3.49. The molecule has 2 aliphatic heterocycles. The van der Waals surface area contributed by atoms with Crippen LogP contribution in [0.3, 0.4) is 0 Å². The van der Waals surface area contributed by atoms with Crippen LogP contribution in [0.2, 0.25) is 0 Å². The molecule has 2 unspecified atom stereocenters. The highest BCUT2D eigenvalue weighted by atomic mass is 16.6. The molecule has 166 valence electrons. The fourth-order valence-electron chi connectivity index (χ4n) is 3.93. The van der Waals surface area contributed by atoms with Gasteiger partial charge in [0.05, 0.1) is 11.3 Å². The molecule has 2 aromatic rings. The van der Waals surface area contributed by atoms with E-state index < -0.39 is 0 Å². The summed E-state index contributed by atoms with van der Waals surface area (Å²) in [6, 6.07) is 8.08. The maximum absolute atomic E-state index is 12.7. The zero-order valence-corrected chi connectivity index (χ0v) is 17.8. The molecule has 4 rings (SSSR count). The molecular weight excluding hydrogens is 398 g/mol. The average molecular weight is 428 g/mol. The van der Waals surface area contributed by atoms with Gasteiger partial charge in [0.1, 0.15) is 18.2 Å². The molecule has 0 aliphatic carbocycles. The highest BCUT2D eigenvalue weighted by Gasteiger charge is 2.43. The molecule has 2 amide bonds. The molecule has 31 heavy (non-hydrogen) atoms. The van der Waals surface area contributed by atoms with Crippen LogP contribution in [0.15, 0.2) is 36.5 Å². The number of aromatic hydroxyl groups is 1. The van der Waals surface area contributed by atoms with Crippen molar-refractivity contribution in [1.82, 2.24) is 14.8 Å². The zero-order valence-electron chi connectivity index (χ0n) is 17.8. The Labute approximate surface area is 181 Å². The van der Waals surface area contributed by atoms with Crippen molar-refractivity contribution in [3.05, 3.63) is 47.7 Å². The molecule has 5 N–H and O–H groups in total. The Morgan fingerprint density at radius 3 is 2.23 bits per heavy atom. The normalized spacial score (nSPS) is 19.4. The summed E-state index contributed by atoms with van der Waals surface area (Å²) >= 11 is 0. The van der Waals surface area contributed by atoms with Crippen molar-refractivity contribution in [1.29, 1.82) is 0 Å². The van der Waals surface area contributed by atoms with Gasteiger partial charge in [-0.2, -0.15) is 0 Å². The van der Waals surface area contributed by atoms with E-state index in [0.29, 0.717) is 31.7 Å². The number of nitrogens with two attached hydrogens (primary N) is 2. The summed E-state index contributed by atoms with van der Waals surface area (Å²) < 4.78 is 5.38. The van der Waals surface area contributed by atoms with Gasteiger partial charge in [0.2, 0.25) is 0 Å². The number of hydrogen-bond acceptors (Lipinski definition) is 7. The van der Waals surface area contributed by atoms with E-state index >= 15 is 0 Å². The van der Waals surface area contributed by atoms with Gasteiger partial charge in [-0.15, -0.1) is 0 Å². The Kier molecular flexibility index (Phi) is 6.84. The first kappa shape index (κ1) is 22.2. The number of nitrogens with zero attached hydrogens (tertiary/aromatic N) is 3. The Bertz CT molecular complexity index is 920. The van der Waals surface area contributed by atoms with Gasteiger partial charge in [-0.3, -0.25) is 4.79 Å². The molecule has 1 aromatic carbocycles. The minimum absolute atomic E-state index is 0.125. The Morgan fingerprint density at radius 1 is 1.06 bits per heavy atom. The summed E-state index contributed by atoms with van der Waals surface area (Å²) in [4.78, 5) is 32.5. The standard InChI is InChI=1S/C20H23N5O4.C2H6/c21-17-5-13(6-23-18(17)22)19(27)24-7-14-9-25(10-15(14)8-24)20(28)29-11-12-1-3-16(26)4-2-12;1-2/h1-6,14-15,26H,7-11,21H2,(H2,22,23);1-2H3. The number of fused-ring (bicyclic) bond motifs is 1. The third kappa shape index (κ3) is 4.99. The van der Waals surface area contributed by atoms with Crippen molar-refractivity contribution in [3.63, 3.8) is 0 Å². The van der Waals surface area contributed by atoms with E-state index in [1.807, 2.05) is 13.8 Å². The van der Waals surface area contributed by atoms with E-state index in [0.717, 1.165) is 5.56 Å². The number of rotatable bonds is 3. The third-order valence-corrected chi connectivity index (χ3v) is 5.53. The van der Waals surface area contributed by atoms with Crippen molar-refractivity contribution in [3.8, 4) is 5.75 Å². The third-order valence-electron chi connectivity index (χ3n) is 5.53. The van der Waals surface area contributed by atoms with Gasteiger partial charge in [-0.25, -0.2) is 9.78 Å². The maximum Gasteiger partial charge on any atom is 0.410 e. The SMILES string of the molecule is CC.Nc1cc(C(=O)N2CC3CN(C(=O)OCc4ccc(O)cc4)CC3C2)cnc1N. The summed E-state index contributed by atoms with van der Waals surface area (Å²) in [6.07, 6.45) is 1.08. The molecule has 1 aromatic heterocycles. The number of benzene rings is 1. The van der Waals surface area contributed by atoms with E-state index in [2.05, 4.69) is 4.98 Å². The second-order valence-corrected chi connectivity index (χ2v) is 7.55. The number of aromatic nitrogens is 1. The van der Waals surface area contributed by atoms with Crippen LogP contribution in [0.4, 0.5) is 16.3 Å². The monoisotopic (exact) mass is 427 g/mol. The Balaban J connectivity index is 0.00000132. The number of likely N-dealkylation sites (tertiary alicyclic amines) is 2. The number of phenolic OH excluding ortho intramolecular Hbond substituents is 1. The van der Waals surface area contributed by atoms with Crippen molar-refractivity contribution in [2.24, 2.45) is 11.8 Å². The van der Waals surface area contributed by atoms with Crippen molar-refractivity contribution in [2.75, 3.05) is 37.6 Å². The number of ether oxygens (including phenoxy) is 1. The number of anilines is 2. The lowest BCUT2D eigenvalue weighted by molar-refractivity contribution is 0.0764. The zero-order chi connectivity index (χ0) is 22.5. The molecule has 9 heteroatoms. The Morgan fingerprint density at radius 2 is 1.65 bits per heavy atom. The lowest BCUT2D eigenvalue weighted by Crippen LogP contribution is -2.36. The second-order valence-electron chi connectivity index (χ2n) is 7.55. The van der Waals surface area contributed by atoms with Gasteiger partial charge in [0.25, 0.3) is 5.91 Å². The van der Waals surface area contributed by atoms with E-state index in [4.69, 9.17) is 16.2 Å². The van der Waals surface area contributed by atoms with Crippen LogP contribution in [-0.2, 0) is 11.3 Å². The molecule has 2 atom stereocenters. The second kappa shape index (κ2) is 9.55. The number of pyridine rings is 1. The first-order chi connectivity index (χ1) is 14.9. The van der Waals surface area contributed by atoms with E-state index in [9.17, 15) is 14.7 Å². The molecule has 0 spiro atoms. The summed E-state index contributed by atoms with van der Waals surface area (Å²) in [6.45, 7) is 6.43. The van der Waals surface area contributed by atoms with Crippen LogP contribution in [0.25, 0.3) is 0 Å². The van der Waals surface area contributed by atoms with Gasteiger partial charge in [-0.05, 0) is 23.8 Å². The van der Waals surface area contributed by atoms with E-state index in [1.165, 1.54) is 6.20 Å². The quantitative estimate of drug-likeness (QED) is 0.684. The minimum atomic E-state index is -0.360. The molecule has 0 saturated carbocycles. The molecule has 9 nitrogen and oxygen atoms in total. The summed E-state index contributed by atoms with van der Waals surface area (Å²) in [5.74, 6) is 0.698. The van der Waals surface area contributed by atoms with E-state index in [1.54, 1.807) is 40.1 Å². The maximum atomic E-state index is 12.7. The molecule has 2 fully saturated rings. The molecule has 3 heterocycles. The van der Waals surface area contributed by atoms with Crippen LogP contribution in [0.1, 0.15) is 29.8 Å². The van der Waals surface area contributed by atoms with Gasteiger partial charge in [0.15, 0.2) is 0 Å². The number of hydrogen-bond donors (Lipinski definition) is 3. The number of nitrogen functional groups attached to an aromatic ring is 2. The van der Waals surface area contributed by atoms with Gasteiger partial charge < -0.3 is 31.1 Å². The minimum Gasteiger partial charge on any atom is -0.508 e. The van der Waals surface area contributed by atoms with Crippen LogP contribution < -0.4 is 11.5 Å². The topological polar surface area (TPSA) is 135 Å². The van der Waals surface area contributed by atoms with Crippen molar-refractivity contribution in [2.45, 2.75) is 20.5 Å². The average Bonchev–Trinajstić information content (AvgIpc) is 3.35. The molecule has 0 bridgehead atoms. The highest BCUT2D eigenvalue weighted by molar-refractivity contribution is 5.95. The van der Waals surface area contributed by atoms with Crippen LogP contribution in [0.5, 0.6) is 5.75 Å².